The lowest BCUT2D eigenvalue weighted by atomic mass is 10.0. The Morgan fingerprint density at radius 3 is 2.39 bits per heavy atom. The van der Waals surface area contributed by atoms with Crippen LogP contribution >= 0.6 is 0 Å². The van der Waals surface area contributed by atoms with Gasteiger partial charge in [0.05, 0.1) is 22.8 Å². The molecule has 1 saturated heterocycles. The predicted octanol–water partition coefficient (Wildman–Crippen LogP) is 0.644. The van der Waals surface area contributed by atoms with Gasteiger partial charge in [0.1, 0.15) is 16.4 Å². The first kappa shape index (κ1) is 17.7. The number of amides is 1. The van der Waals surface area contributed by atoms with Crippen LogP contribution in [0.5, 0.6) is 0 Å². The second-order valence-corrected chi connectivity index (χ2v) is 8.46. The predicted molar refractivity (Wildman–Crippen MR) is 86.1 cm³/mol. The van der Waals surface area contributed by atoms with Crippen LogP contribution in [0.4, 0.5) is 0 Å². The average molecular weight is 341 g/mol. The number of aromatic nitrogens is 2. The maximum Gasteiger partial charge on any atom is 0.241 e. The topological polar surface area (TPSA) is 98.1 Å². The third kappa shape index (κ3) is 4.40. The Labute approximate surface area is 136 Å². The summed E-state index contributed by atoms with van der Waals surface area (Å²) in [6, 6.07) is 0. The molecule has 128 valence electrons. The normalized spacial score (nSPS) is 17.9. The molecule has 1 aliphatic heterocycles. The first-order valence-corrected chi connectivity index (χ1v) is 9.54. The number of nitrogens with zero attached hydrogens (tertiary/aromatic N) is 2. The van der Waals surface area contributed by atoms with Crippen molar-refractivity contribution in [1.82, 2.24) is 15.1 Å². The summed E-state index contributed by atoms with van der Waals surface area (Å²) >= 11 is 0. The van der Waals surface area contributed by atoms with Crippen molar-refractivity contribution >= 4 is 21.5 Å². The maximum absolute atomic E-state index is 12.0. The molecule has 1 amide bonds. The van der Waals surface area contributed by atoms with Crippen molar-refractivity contribution < 1.29 is 18.0 Å². The summed E-state index contributed by atoms with van der Waals surface area (Å²) in [7, 11) is -2.88. The number of aryl methyl sites for hydroxylation is 1. The molecular formula is C15H23N3O4S. The standard InChI is InChI=1S/C15H23N3O4S/c1-10-15(12(3)19)11(2)18(17-10)9-14(20)16-8-13-4-6-23(21,22)7-5-13/h13H,4-9H2,1-3H3,(H,16,20). The molecular weight excluding hydrogens is 318 g/mol. The maximum atomic E-state index is 12.0. The summed E-state index contributed by atoms with van der Waals surface area (Å²) in [5.41, 5.74) is 1.88. The smallest absolute Gasteiger partial charge is 0.241 e. The number of sulfone groups is 1. The van der Waals surface area contributed by atoms with Gasteiger partial charge in [0.2, 0.25) is 5.91 Å². The van der Waals surface area contributed by atoms with Crippen molar-refractivity contribution in [1.29, 1.82) is 0 Å². The zero-order valence-electron chi connectivity index (χ0n) is 13.8. The van der Waals surface area contributed by atoms with Gasteiger partial charge in [-0.1, -0.05) is 0 Å². The van der Waals surface area contributed by atoms with E-state index in [2.05, 4.69) is 10.4 Å². The highest BCUT2D eigenvalue weighted by Gasteiger charge is 2.24. The minimum Gasteiger partial charge on any atom is -0.354 e. The molecule has 0 atom stereocenters. The molecule has 0 aromatic carbocycles. The van der Waals surface area contributed by atoms with E-state index >= 15 is 0 Å². The van der Waals surface area contributed by atoms with Crippen molar-refractivity contribution in [2.24, 2.45) is 5.92 Å². The number of ketones is 1. The van der Waals surface area contributed by atoms with E-state index in [1.54, 1.807) is 13.8 Å². The van der Waals surface area contributed by atoms with Crippen LogP contribution < -0.4 is 5.32 Å². The van der Waals surface area contributed by atoms with Gasteiger partial charge in [-0.05, 0) is 39.5 Å². The molecule has 1 aromatic rings. The highest BCUT2D eigenvalue weighted by Crippen LogP contribution is 2.18. The van der Waals surface area contributed by atoms with Gasteiger partial charge < -0.3 is 5.32 Å². The van der Waals surface area contributed by atoms with Crippen LogP contribution in [0, 0.1) is 19.8 Å². The third-order valence-electron chi connectivity index (χ3n) is 4.29. The minimum atomic E-state index is -2.88. The summed E-state index contributed by atoms with van der Waals surface area (Å²) in [4.78, 5) is 23.6. The van der Waals surface area contributed by atoms with Gasteiger partial charge in [0.15, 0.2) is 5.78 Å². The second kappa shape index (κ2) is 6.82. The SMILES string of the molecule is CC(=O)c1c(C)nn(CC(=O)NCC2CCS(=O)(=O)CC2)c1C. The molecule has 0 radical (unpaired) electrons. The minimum absolute atomic E-state index is 0.0601. The van der Waals surface area contributed by atoms with Gasteiger partial charge in [0.25, 0.3) is 0 Å². The summed E-state index contributed by atoms with van der Waals surface area (Å²) in [6.07, 6.45) is 1.19. The Morgan fingerprint density at radius 1 is 1.26 bits per heavy atom. The molecule has 0 spiro atoms. The monoisotopic (exact) mass is 341 g/mol. The molecule has 0 unspecified atom stereocenters. The fourth-order valence-corrected chi connectivity index (χ4v) is 4.54. The van der Waals surface area contributed by atoms with E-state index < -0.39 is 9.84 Å². The zero-order chi connectivity index (χ0) is 17.2. The molecule has 2 heterocycles. The fourth-order valence-electron chi connectivity index (χ4n) is 2.95. The van der Waals surface area contributed by atoms with Crippen molar-refractivity contribution in [2.75, 3.05) is 18.1 Å². The summed E-state index contributed by atoms with van der Waals surface area (Å²) in [5, 5.41) is 7.07. The molecule has 0 aliphatic carbocycles. The molecule has 0 bridgehead atoms. The molecule has 0 saturated carbocycles. The molecule has 1 N–H and O–H groups in total. The Hall–Kier alpha value is -1.70. The van der Waals surface area contributed by atoms with Crippen LogP contribution in [-0.4, -0.2) is 47.9 Å². The molecule has 1 aromatic heterocycles. The van der Waals surface area contributed by atoms with E-state index in [4.69, 9.17) is 0 Å². The molecule has 1 fully saturated rings. The van der Waals surface area contributed by atoms with Crippen LogP contribution in [0.3, 0.4) is 0 Å². The highest BCUT2D eigenvalue weighted by molar-refractivity contribution is 7.91. The van der Waals surface area contributed by atoms with E-state index in [0.717, 1.165) is 0 Å². The number of carbonyl (C=O) groups is 2. The second-order valence-electron chi connectivity index (χ2n) is 6.16. The molecule has 2 rings (SSSR count). The van der Waals surface area contributed by atoms with Gasteiger partial charge in [-0.3, -0.25) is 14.3 Å². The lowest BCUT2D eigenvalue weighted by Crippen LogP contribution is -2.36. The summed E-state index contributed by atoms with van der Waals surface area (Å²) in [5.74, 6) is 0.366. The number of hydrogen-bond acceptors (Lipinski definition) is 5. The van der Waals surface area contributed by atoms with Crippen molar-refractivity contribution in [3.8, 4) is 0 Å². The van der Waals surface area contributed by atoms with E-state index in [1.165, 1.54) is 11.6 Å². The molecule has 1 aliphatic rings. The quantitative estimate of drug-likeness (QED) is 0.793. The highest BCUT2D eigenvalue weighted by atomic mass is 32.2. The Balaban J connectivity index is 1.89. The molecule has 7 nitrogen and oxygen atoms in total. The van der Waals surface area contributed by atoms with Gasteiger partial charge in [0, 0.05) is 12.2 Å². The van der Waals surface area contributed by atoms with E-state index in [9.17, 15) is 18.0 Å². The van der Waals surface area contributed by atoms with Crippen LogP contribution in [0.25, 0.3) is 0 Å². The van der Waals surface area contributed by atoms with Gasteiger partial charge in [-0.15, -0.1) is 0 Å². The van der Waals surface area contributed by atoms with Crippen molar-refractivity contribution in [3.63, 3.8) is 0 Å². The summed E-state index contributed by atoms with van der Waals surface area (Å²) < 4.78 is 24.3. The number of Topliss-reactive ketones (excluding diaryl/α,β-unsaturated/α-hetero) is 1. The van der Waals surface area contributed by atoms with Crippen LogP contribution in [0.1, 0.15) is 41.5 Å². The van der Waals surface area contributed by atoms with Gasteiger partial charge >= 0.3 is 0 Å². The lowest BCUT2D eigenvalue weighted by Gasteiger charge is -2.22. The molecule has 8 heteroatoms. The first-order chi connectivity index (χ1) is 10.7. The number of nitrogens with one attached hydrogen (secondary N) is 1. The zero-order valence-corrected chi connectivity index (χ0v) is 14.6. The van der Waals surface area contributed by atoms with E-state index in [1.807, 2.05) is 0 Å². The largest absolute Gasteiger partial charge is 0.354 e. The number of carbonyl (C=O) groups excluding carboxylic acids is 2. The number of hydrogen-bond donors (Lipinski definition) is 1. The van der Waals surface area contributed by atoms with Crippen LogP contribution in [-0.2, 0) is 21.2 Å². The van der Waals surface area contributed by atoms with Crippen LogP contribution in [0.15, 0.2) is 0 Å². The van der Waals surface area contributed by atoms with E-state index in [0.29, 0.717) is 36.3 Å². The Morgan fingerprint density at radius 2 is 1.87 bits per heavy atom. The Kier molecular flexibility index (Phi) is 5.23. The molecule has 23 heavy (non-hydrogen) atoms. The Bertz CT molecular complexity index is 707. The number of rotatable bonds is 5. The van der Waals surface area contributed by atoms with Crippen molar-refractivity contribution in [3.05, 3.63) is 17.0 Å². The van der Waals surface area contributed by atoms with Crippen molar-refractivity contribution in [2.45, 2.75) is 40.2 Å². The van der Waals surface area contributed by atoms with Gasteiger partial charge in [-0.2, -0.15) is 5.10 Å². The fraction of sp³-hybridized carbons (Fsp3) is 0.667. The van der Waals surface area contributed by atoms with Crippen LogP contribution in [0.2, 0.25) is 0 Å². The lowest BCUT2D eigenvalue weighted by molar-refractivity contribution is -0.122. The van der Waals surface area contributed by atoms with Gasteiger partial charge in [-0.25, -0.2) is 8.42 Å². The average Bonchev–Trinajstić information content (AvgIpc) is 2.72. The third-order valence-corrected chi connectivity index (χ3v) is 6.00. The first-order valence-electron chi connectivity index (χ1n) is 7.71. The summed E-state index contributed by atoms with van der Waals surface area (Å²) in [6.45, 7) is 5.55. The van der Waals surface area contributed by atoms with E-state index in [-0.39, 0.29) is 35.7 Å².